The van der Waals surface area contributed by atoms with Gasteiger partial charge in [0.15, 0.2) is 11.6 Å². The number of amides is 1. The summed E-state index contributed by atoms with van der Waals surface area (Å²) in [5, 5.41) is 0. The van der Waals surface area contributed by atoms with Crippen molar-refractivity contribution in [1.29, 1.82) is 0 Å². The highest BCUT2D eigenvalue weighted by Gasteiger charge is 2.23. The molecule has 0 aromatic heterocycles. The zero-order valence-electron chi connectivity index (χ0n) is 16.0. The van der Waals surface area contributed by atoms with Crippen LogP contribution in [-0.4, -0.2) is 61.5 Å². The second-order valence-corrected chi connectivity index (χ2v) is 7.06. The fourth-order valence-corrected chi connectivity index (χ4v) is 3.34. The van der Waals surface area contributed by atoms with Crippen molar-refractivity contribution in [2.75, 3.05) is 39.8 Å². The lowest BCUT2D eigenvalue weighted by Gasteiger charge is -2.26. The number of esters is 1. The van der Waals surface area contributed by atoms with E-state index in [0.717, 1.165) is 44.6 Å². The SMILES string of the molecule is COC(=O)C(C)CN(CCCCN1CCCC1)C(=O)c1ccc(F)c(F)c1. The molecular formula is C20H28F2N2O3. The van der Waals surface area contributed by atoms with Crippen molar-refractivity contribution in [3.05, 3.63) is 35.4 Å². The first-order valence-electron chi connectivity index (χ1n) is 9.47. The number of ether oxygens (including phenoxy) is 1. The predicted molar refractivity (Wildman–Crippen MR) is 98.3 cm³/mol. The van der Waals surface area contributed by atoms with Gasteiger partial charge in [-0.25, -0.2) is 8.78 Å². The Morgan fingerprint density at radius 3 is 2.52 bits per heavy atom. The van der Waals surface area contributed by atoms with Crippen LogP contribution in [0, 0.1) is 17.6 Å². The Morgan fingerprint density at radius 1 is 1.19 bits per heavy atom. The van der Waals surface area contributed by atoms with Crippen LogP contribution in [0.5, 0.6) is 0 Å². The molecule has 0 saturated carbocycles. The minimum atomic E-state index is -1.06. The van der Waals surface area contributed by atoms with E-state index in [0.29, 0.717) is 6.54 Å². The standard InChI is InChI=1S/C20H28F2N2O3/c1-15(20(26)27-2)14-24(12-6-5-11-23-9-3-4-10-23)19(25)16-7-8-17(21)18(22)13-16/h7-8,13,15H,3-6,9-12,14H2,1-2H3. The van der Waals surface area contributed by atoms with Crippen LogP contribution in [0.25, 0.3) is 0 Å². The molecule has 7 heteroatoms. The van der Waals surface area contributed by atoms with Gasteiger partial charge in [-0.05, 0) is 63.5 Å². The van der Waals surface area contributed by atoms with Gasteiger partial charge in [0.2, 0.25) is 0 Å². The Labute approximate surface area is 159 Å². The van der Waals surface area contributed by atoms with E-state index < -0.39 is 29.4 Å². The van der Waals surface area contributed by atoms with Crippen molar-refractivity contribution < 1.29 is 23.1 Å². The molecule has 27 heavy (non-hydrogen) atoms. The third-order valence-electron chi connectivity index (χ3n) is 4.90. The smallest absolute Gasteiger partial charge is 0.310 e. The molecule has 1 heterocycles. The Morgan fingerprint density at radius 2 is 1.89 bits per heavy atom. The van der Waals surface area contributed by atoms with Gasteiger partial charge in [-0.1, -0.05) is 6.92 Å². The van der Waals surface area contributed by atoms with Crippen molar-refractivity contribution in [1.82, 2.24) is 9.80 Å². The molecule has 5 nitrogen and oxygen atoms in total. The van der Waals surface area contributed by atoms with Gasteiger partial charge in [0, 0.05) is 18.7 Å². The second-order valence-electron chi connectivity index (χ2n) is 7.06. The molecule has 1 saturated heterocycles. The molecular weight excluding hydrogens is 354 g/mol. The van der Waals surface area contributed by atoms with Crippen LogP contribution in [0.4, 0.5) is 8.78 Å². The molecule has 1 unspecified atom stereocenters. The highest BCUT2D eigenvalue weighted by molar-refractivity contribution is 5.94. The number of methoxy groups -OCH3 is 1. The van der Waals surface area contributed by atoms with Gasteiger partial charge in [-0.2, -0.15) is 0 Å². The molecule has 0 bridgehead atoms. The van der Waals surface area contributed by atoms with E-state index in [1.165, 1.54) is 30.9 Å². The Kier molecular flexibility index (Phi) is 8.16. The molecule has 1 fully saturated rings. The molecule has 0 radical (unpaired) electrons. The van der Waals surface area contributed by atoms with Crippen LogP contribution in [0.15, 0.2) is 18.2 Å². The highest BCUT2D eigenvalue weighted by Crippen LogP contribution is 2.14. The summed E-state index contributed by atoms with van der Waals surface area (Å²) in [4.78, 5) is 28.4. The fraction of sp³-hybridized carbons (Fsp3) is 0.600. The Hall–Kier alpha value is -2.02. The van der Waals surface area contributed by atoms with Crippen LogP contribution in [0.2, 0.25) is 0 Å². The summed E-state index contributed by atoms with van der Waals surface area (Å²) in [5.41, 5.74) is 0.0745. The molecule has 1 aromatic rings. The van der Waals surface area contributed by atoms with E-state index >= 15 is 0 Å². The number of carbonyl (C=O) groups is 2. The number of hydrogen-bond acceptors (Lipinski definition) is 4. The van der Waals surface area contributed by atoms with Gasteiger partial charge in [-0.15, -0.1) is 0 Å². The van der Waals surface area contributed by atoms with Crippen LogP contribution in [0.3, 0.4) is 0 Å². The van der Waals surface area contributed by atoms with Crippen molar-refractivity contribution in [2.24, 2.45) is 5.92 Å². The van der Waals surface area contributed by atoms with E-state index in [9.17, 15) is 18.4 Å². The normalized spacial score (nSPS) is 15.6. The maximum absolute atomic E-state index is 13.5. The molecule has 1 amide bonds. The summed E-state index contributed by atoms with van der Waals surface area (Å²) in [6, 6.07) is 3.11. The van der Waals surface area contributed by atoms with Gasteiger partial charge < -0.3 is 14.5 Å². The Balaban J connectivity index is 1.99. The number of nitrogens with zero attached hydrogens (tertiary/aromatic N) is 2. The van der Waals surface area contributed by atoms with Gasteiger partial charge in [0.1, 0.15) is 0 Å². The van der Waals surface area contributed by atoms with Crippen molar-refractivity contribution in [3.63, 3.8) is 0 Å². The zero-order chi connectivity index (χ0) is 19.8. The Bertz CT molecular complexity index is 648. The number of halogens is 2. The number of rotatable bonds is 9. The molecule has 1 aliphatic rings. The van der Waals surface area contributed by atoms with E-state index in [-0.39, 0.29) is 12.1 Å². The minimum Gasteiger partial charge on any atom is -0.469 e. The highest BCUT2D eigenvalue weighted by atomic mass is 19.2. The van der Waals surface area contributed by atoms with Crippen molar-refractivity contribution in [2.45, 2.75) is 32.6 Å². The van der Waals surface area contributed by atoms with Crippen LogP contribution >= 0.6 is 0 Å². The summed E-state index contributed by atoms with van der Waals surface area (Å²) in [5.74, 6) is -3.37. The first-order valence-corrected chi connectivity index (χ1v) is 9.47. The van der Waals surface area contributed by atoms with Crippen LogP contribution < -0.4 is 0 Å². The third-order valence-corrected chi connectivity index (χ3v) is 4.90. The van der Waals surface area contributed by atoms with E-state index in [4.69, 9.17) is 4.74 Å². The number of carbonyl (C=O) groups excluding carboxylic acids is 2. The van der Waals surface area contributed by atoms with Crippen LogP contribution in [0.1, 0.15) is 43.0 Å². The quantitative estimate of drug-likeness (QED) is 0.486. The maximum Gasteiger partial charge on any atom is 0.310 e. The van der Waals surface area contributed by atoms with E-state index in [2.05, 4.69) is 4.90 Å². The van der Waals surface area contributed by atoms with Gasteiger partial charge >= 0.3 is 5.97 Å². The van der Waals surface area contributed by atoms with E-state index in [1.807, 2.05) is 0 Å². The summed E-state index contributed by atoms with van der Waals surface area (Å²) in [7, 11) is 1.30. The lowest BCUT2D eigenvalue weighted by Crippen LogP contribution is -2.38. The van der Waals surface area contributed by atoms with E-state index in [1.54, 1.807) is 6.92 Å². The topological polar surface area (TPSA) is 49.9 Å². The predicted octanol–water partition coefficient (Wildman–Crippen LogP) is 3.09. The largest absolute Gasteiger partial charge is 0.469 e. The molecule has 0 N–H and O–H groups in total. The van der Waals surface area contributed by atoms with Gasteiger partial charge in [-0.3, -0.25) is 9.59 Å². The first kappa shape index (κ1) is 21.3. The zero-order valence-corrected chi connectivity index (χ0v) is 16.0. The molecule has 150 valence electrons. The van der Waals surface area contributed by atoms with Crippen molar-refractivity contribution >= 4 is 11.9 Å². The van der Waals surface area contributed by atoms with Crippen molar-refractivity contribution in [3.8, 4) is 0 Å². The third kappa shape index (κ3) is 6.27. The fourth-order valence-electron chi connectivity index (χ4n) is 3.34. The lowest BCUT2D eigenvalue weighted by molar-refractivity contribution is -0.145. The average Bonchev–Trinajstić information content (AvgIpc) is 3.18. The first-order chi connectivity index (χ1) is 12.9. The molecule has 2 rings (SSSR count). The average molecular weight is 382 g/mol. The second kappa shape index (κ2) is 10.3. The number of benzene rings is 1. The number of likely N-dealkylation sites (tertiary alicyclic amines) is 1. The summed E-state index contributed by atoms with van der Waals surface area (Å²) in [6.07, 6.45) is 4.18. The lowest BCUT2D eigenvalue weighted by atomic mass is 10.1. The van der Waals surface area contributed by atoms with Gasteiger partial charge in [0.25, 0.3) is 5.91 Å². The summed E-state index contributed by atoms with van der Waals surface area (Å²) >= 11 is 0. The monoisotopic (exact) mass is 382 g/mol. The molecule has 1 aliphatic heterocycles. The van der Waals surface area contributed by atoms with Gasteiger partial charge in [0.05, 0.1) is 13.0 Å². The molecule has 1 atom stereocenters. The molecule has 0 spiro atoms. The number of hydrogen-bond donors (Lipinski definition) is 0. The maximum atomic E-state index is 13.5. The summed E-state index contributed by atoms with van der Waals surface area (Å²) < 4.78 is 31.4. The van der Waals surface area contributed by atoms with Crippen LogP contribution in [-0.2, 0) is 9.53 Å². The summed E-state index contributed by atoms with van der Waals surface area (Å²) in [6.45, 7) is 5.54. The minimum absolute atomic E-state index is 0.0745. The molecule has 1 aromatic carbocycles. The number of unbranched alkanes of at least 4 members (excludes halogenated alkanes) is 1. The molecule has 0 aliphatic carbocycles.